The number of esters is 1. The molecule has 0 aliphatic carbocycles. The maximum atomic E-state index is 11.9. The molecule has 0 radical (unpaired) electrons. The Kier molecular flexibility index (Phi) is 5.86. The van der Waals surface area contributed by atoms with E-state index in [1.54, 1.807) is 6.92 Å². The van der Waals surface area contributed by atoms with Gasteiger partial charge in [0.15, 0.2) is 0 Å². The maximum absolute atomic E-state index is 11.9. The van der Waals surface area contributed by atoms with Crippen molar-refractivity contribution in [2.45, 2.75) is 32.2 Å². The molecule has 0 saturated carbocycles. The first-order chi connectivity index (χ1) is 9.13. The standard InChI is InChI=1S/C13H18N2O4/c1-3-18-12(16)11-9-10(5-7-14)6-8-15(11)13(17)19-4-2/h4,10-11H,2-3,5-6,8-9H2,1H3/t10-,11+/m0/s1. The summed E-state index contributed by atoms with van der Waals surface area (Å²) in [6.07, 6.45) is 1.91. The monoisotopic (exact) mass is 266 g/mol. The number of ether oxygens (including phenoxy) is 2. The van der Waals surface area contributed by atoms with Crippen LogP contribution in [0.4, 0.5) is 4.79 Å². The van der Waals surface area contributed by atoms with Crippen molar-refractivity contribution in [1.82, 2.24) is 4.90 Å². The minimum absolute atomic E-state index is 0.104. The van der Waals surface area contributed by atoms with E-state index < -0.39 is 18.1 Å². The van der Waals surface area contributed by atoms with Gasteiger partial charge in [-0.3, -0.25) is 4.90 Å². The molecule has 0 N–H and O–H groups in total. The topological polar surface area (TPSA) is 79.6 Å². The molecule has 0 aromatic heterocycles. The van der Waals surface area contributed by atoms with E-state index in [-0.39, 0.29) is 12.5 Å². The van der Waals surface area contributed by atoms with Crippen LogP contribution < -0.4 is 0 Å². The molecule has 0 unspecified atom stereocenters. The summed E-state index contributed by atoms with van der Waals surface area (Å²) >= 11 is 0. The van der Waals surface area contributed by atoms with Gasteiger partial charge in [-0.15, -0.1) is 0 Å². The van der Waals surface area contributed by atoms with Gasteiger partial charge >= 0.3 is 12.1 Å². The predicted octanol–water partition coefficient (Wildman–Crippen LogP) is 1.82. The van der Waals surface area contributed by atoms with E-state index in [1.807, 2.05) is 0 Å². The SMILES string of the molecule is C=COC(=O)N1CC[C@H](CC#N)C[C@@H]1C(=O)OCC. The summed E-state index contributed by atoms with van der Waals surface area (Å²) in [6, 6.07) is 1.41. The molecule has 1 amide bonds. The number of hydrogen-bond acceptors (Lipinski definition) is 5. The number of likely N-dealkylation sites (tertiary alicyclic amines) is 1. The quantitative estimate of drug-likeness (QED) is 0.573. The van der Waals surface area contributed by atoms with Crippen LogP contribution in [0.1, 0.15) is 26.2 Å². The molecule has 0 aromatic rings. The molecule has 1 fully saturated rings. The van der Waals surface area contributed by atoms with Crippen LogP contribution in [0, 0.1) is 17.2 Å². The summed E-state index contributed by atoms with van der Waals surface area (Å²) in [5.74, 6) is -0.349. The summed E-state index contributed by atoms with van der Waals surface area (Å²) < 4.78 is 9.68. The van der Waals surface area contributed by atoms with Gasteiger partial charge < -0.3 is 9.47 Å². The van der Waals surface area contributed by atoms with Crippen molar-refractivity contribution in [3.05, 3.63) is 12.8 Å². The maximum Gasteiger partial charge on any atom is 0.415 e. The van der Waals surface area contributed by atoms with Gasteiger partial charge in [0, 0.05) is 13.0 Å². The average molecular weight is 266 g/mol. The lowest BCUT2D eigenvalue weighted by Crippen LogP contribution is -2.50. The number of carbonyl (C=O) groups excluding carboxylic acids is 2. The Morgan fingerprint density at radius 2 is 2.32 bits per heavy atom. The van der Waals surface area contributed by atoms with Crippen LogP contribution in [0.3, 0.4) is 0 Å². The van der Waals surface area contributed by atoms with Crippen LogP contribution in [-0.2, 0) is 14.3 Å². The van der Waals surface area contributed by atoms with Gasteiger partial charge in [-0.25, -0.2) is 9.59 Å². The fraction of sp³-hybridized carbons (Fsp3) is 0.615. The van der Waals surface area contributed by atoms with Crippen LogP contribution in [0.15, 0.2) is 12.8 Å². The molecule has 1 saturated heterocycles. The van der Waals surface area contributed by atoms with Gasteiger partial charge in [0.2, 0.25) is 0 Å². The second-order valence-corrected chi connectivity index (χ2v) is 4.26. The molecular weight excluding hydrogens is 248 g/mol. The van der Waals surface area contributed by atoms with Crippen LogP contribution in [0.5, 0.6) is 0 Å². The van der Waals surface area contributed by atoms with E-state index in [2.05, 4.69) is 12.6 Å². The van der Waals surface area contributed by atoms with Crippen LogP contribution in [0.2, 0.25) is 0 Å². The lowest BCUT2D eigenvalue weighted by Gasteiger charge is -2.36. The minimum atomic E-state index is -0.681. The largest absolute Gasteiger partial charge is 0.464 e. The molecule has 1 aliphatic heterocycles. The third kappa shape index (κ3) is 3.98. The Bertz CT molecular complexity index is 389. The molecule has 104 valence electrons. The molecule has 6 nitrogen and oxygen atoms in total. The third-order valence-corrected chi connectivity index (χ3v) is 3.07. The van der Waals surface area contributed by atoms with Crippen LogP contribution in [0.25, 0.3) is 0 Å². The van der Waals surface area contributed by atoms with E-state index in [0.29, 0.717) is 25.8 Å². The van der Waals surface area contributed by atoms with Crippen molar-refractivity contribution < 1.29 is 19.1 Å². The first-order valence-electron chi connectivity index (χ1n) is 6.25. The summed E-state index contributed by atoms with van der Waals surface area (Å²) in [7, 11) is 0. The van der Waals surface area contributed by atoms with Crippen molar-refractivity contribution in [3.8, 4) is 6.07 Å². The van der Waals surface area contributed by atoms with Crippen LogP contribution in [-0.4, -0.2) is 36.2 Å². The van der Waals surface area contributed by atoms with Gasteiger partial charge in [-0.2, -0.15) is 5.26 Å². The molecule has 6 heteroatoms. The Labute approximate surface area is 112 Å². The van der Waals surface area contributed by atoms with Crippen LogP contribution >= 0.6 is 0 Å². The van der Waals surface area contributed by atoms with Crippen molar-refractivity contribution in [2.24, 2.45) is 5.92 Å². The fourth-order valence-corrected chi connectivity index (χ4v) is 2.17. The number of nitriles is 1. The van der Waals surface area contributed by atoms with Crippen molar-refractivity contribution in [1.29, 1.82) is 5.26 Å². The number of piperidine rings is 1. The number of rotatable bonds is 4. The lowest BCUT2D eigenvalue weighted by molar-refractivity contribution is -0.150. The summed E-state index contributed by atoms with van der Waals surface area (Å²) in [4.78, 5) is 25.0. The zero-order chi connectivity index (χ0) is 14.3. The van der Waals surface area contributed by atoms with Crippen molar-refractivity contribution in [2.75, 3.05) is 13.2 Å². The number of amides is 1. The summed E-state index contributed by atoms with van der Waals surface area (Å²) in [5.41, 5.74) is 0. The smallest absolute Gasteiger partial charge is 0.415 e. The first kappa shape index (κ1) is 15.0. The zero-order valence-corrected chi connectivity index (χ0v) is 11.0. The highest BCUT2D eigenvalue weighted by Crippen LogP contribution is 2.26. The molecule has 0 spiro atoms. The predicted molar refractivity (Wildman–Crippen MR) is 66.8 cm³/mol. The third-order valence-electron chi connectivity index (χ3n) is 3.07. The second kappa shape index (κ2) is 7.41. The summed E-state index contributed by atoms with van der Waals surface area (Å²) in [6.45, 7) is 5.66. The fourth-order valence-electron chi connectivity index (χ4n) is 2.17. The van der Waals surface area contributed by atoms with Gasteiger partial charge in [0.1, 0.15) is 6.04 Å². The molecule has 2 atom stereocenters. The number of hydrogen-bond donors (Lipinski definition) is 0. The second-order valence-electron chi connectivity index (χ2n) is 4.26. The van der Waals surface area contributed by atoms with Gasteiger partial charge in [0.05, 0.1) is 18.9 Å². The molecule has 1 rings (SSSR count). The highest BCUT2D eigenvalue weighted by atomic mass is 16.6. The number of carbonyl (C=O) groups is 2. The molecule has 0 aromatic carbocycles. The highest BCUT2D eigenvalue weighted by Gasteiger charge is 2.37. The molecule has 1 aliphatic rings. The van der Waals surface area contributed by atoms with E-state index in [9.17, 15) is 9.59 Å². The zero-order valence-electron chi connectivity index (χ0n) is 11.0. The summed E-state index contributed by atoms with van der Waals surface area (Å²) in [5, 5.41) is 8.72. The molecule has 0 bridgehead atoms. The Morgan fingerprint density at radius 1 is 1.58 bits per heavy atom. The Hall–Kier alpha value is -2.03. The highest BCUT2D eigenvalue weighted by molar-refractivity contribution is 5.81. The molecule has 19 heavy (non-hydrogen) atoms. The van der Waals surface area contributed by atoms with E-state index in [0.717, 1.165) is 6.26 Å². The number of nitrogens with zero attached hydrogens (tertiary/aromatic N) is 2. The molecule has 1 heterocycles. The minimum Gasteiger partial charge on any atom is -0.464 e. The average Bonchev–Trinajstić information content (AvgIpc) is 2.39. The van der Waals surface area contributed by atoms with Gasteiger partial charge in [0.25, 0.3) is 0 Å². The lowest BCUT2D eigenvalue weighted by atomic mass is 9.89. The first-order valence-corrected chi connectivity index (χ1v) is 6.25. The van der Waals surface area contributed by atoms with Crippen molar-refractivity contribution >= 4 is 12.1 Å². The van der Waals surface area contributed by atoms with E-state index >= 15 is 0 Å². The normalized spacial score (nSPS) is 22.2. The molecular formula is C13H18N2O4. The van der Waals surface area contributed by atoms with Gasteiger partial charge in [-0.05, 0) is 25.7 Å². The Balaban J connectivity index is 2.78. The van der Waals surface area contributed by atoms with Crippen molar-refractivity contribution in [3.63, 3.8) is 0 Å². The van der Waals surface area contributed by atoms with Gasteiger partial charge in [-0.1, -0.05) is 6.58 Å². The van der Waals surface area contributed by atoms with E-state index in [1.165, 1.54) is 4.90 Å². The Morgan fingerprint density at radius 3 is 2.89 bits per heavy atom. The van der Waals surface area contributed by atoms with E-state index in [4.69, 9.17) is 14.7 Å².